The lowest BCUT2D eigenvalue weighted by molar-refractivity contribution is 0.108. The highest BCUT2D eigenvalue weighted by atomic mass is 16.5. The van der Waals surface area contributed by atoms with Gasteiger partial charge in [-0.25, -0.2) is 0 Å². The van der Waals surface area contributed by atoms with Crippen LogP contribution in [-0.2, 0) is 18.2 Å². The average Bonchev–Trinajstić information content (AvgIpc) is 3.13. The van der Waals surface area contributed by atoms with Crippen molar-refractivity contribution in [1.82, 2.24) is 15.1 Å². The molecule has 0 amide bonds. The van der Waals surface area contributed by atoms with E-state index in [9.17, 15) is 0 Å². The minimum absolute atomic E-state index is 0.162. The molecule has 0 aliphatic rings. The molecule has 0 saturated heterocycles. The van der Waals surface area contributed by atoms with Crippen molar-refractivity contribution in [3.05, 3.63) is 42.2 Å². The molecule has 1 aromatic carbocycles. The van der Waals surface area contributed by atoms with Gasteiger partial charge in [0.05, 0.1) is 12.3 Å². The van der Waals surface area contributed by atoms with Crippen LogP contribution >= 0.6 is 0 Å². The Bertz CT molecular complexity index is 769. The fourth-order valence-corrected chi connectivity index (χ4v) is 2.94. The van der Waals surface area contributed by atoms with Gasteiger partial charge in [-0.1, -0.05) is 13.8 Å². The van der Waals surface area contributed by atoms with Crippen LogP contribution in [0.1, 0.15) is 46.1 Å². The van der Waals surface area contributed by atoms with E-state index in [1.165, 1.54) is 5.56 Å². The minimum Gasteiger partial charge on any atom is -0.491 e. The van der Waals surface area contributed by atoms with Crippen LogP contribution in [0.3, 0.4) is 0 Å². The SMILES string of the molecule is CC(C)COCCCNC(=NCCCc1cnn(C)c1)Nc1ccc(OC(C)C)cc1. The number of hydrogen-bond acceptors (Lipinski definition) is 4. The standard InChI is InChI=1S/C24H39N5O2/c1-19(2)18-30-15-7-14-26-24(25-13-6-8-21-16-27-29(5)17-21)28-22-9-11-23(12-10-22)31-20(3)4/h9-12,16-17,19-20H,6-8,13-15,18H2,1-5H3,(H2,25,26,28). The Balaban J connectivity index is 1.86. The number of hydrogen-bond donors (Lipinski definition) is 2. The monoisotopic (exact) mass is 429 g/mol. The largest absolute Gasteiger partial charge is 0.491 e. The molecule has 2 aromatic rings. The topological polar surface area (TPSA) is 72.7 Å². The number of aryl methyl sites for hydroxylation is 2. The molecule has 2 N–H and O–H groups in total. The van der Waals surface area contributed by atoms with Crippen molar-refractivity contribution < 1.29 is 9.47 Å². The van der Waals surface area contributed by atoms with E-state index in [2.05, 4.69) is 35.8 Å². The fourth-order valence-electron chi connectivity index (χ4n) is 2.94. The van der Waals surface area contributed by atoms with Crippen LogP contribution in [0, 0.1) is 5.92 Å². The van der Waals surface area contributed by atoms with Crippen molar-refractivity contribution in [3.63, 3.8) is 0 Å². The molecule has 31 heavy (non-hydrogen) atoms. The van der Waals surface area contributed by atoms with E-state index >= 15 is 0 Å². The first-order valence-corrected chi connectivity index (χ1v) is 11.3. The molecule has 0 radical (unpaired) electrons. The second-order valence-corrected chi connectivity index (χ2v) is 8.42. The number of nitrogens with one attached hydrogen (secondary N) is 2. The first kappa shape index (κ1) is 24.7. The lowest BCUT2D eigenvalue weighted by Gasteiger charge is -2.14. The van der Waals surface area contributed by atoms with Crippen LogP contribution in [-0.4, -0.2) is 48.1 Å². The Morgan fingerprint density at radius 1 is 1.13 bits per heavy atom. The molecular formula is C24H39N5O2. The Labute approximate surface area is 187 Å². The summed E-state index contributed by atoms with van der Waals surface area (Å²) in [6.07, 6.45) is 7.00. The summed E-state index contributed by atoms with van der Waals surface area (Å²) in [5.41, 5.74) is 2.22. The average molecular weight is 430 g/mol. The molecule has 0 saturated carbocycles. The Morgan fingerprint density at radius 3 is 2.55 bits per heavy atom. The van der Waals surface area contributed by atoms with Crippen molar-refractivity contribution in [3.8, 4) is 5.75 Å². The lowest BCUT2D eigenvalue weighted by Crippen LogP contribution is -2.32. The van der Waals surface area contributed by atoms with Crippen molar-refractivity contribution in [2.45, 2.75) is 53.1 Å². The number of benzene rings is 1. The molecule has 1 aromatic heterocycles. The second-order valence-electron chi connectivity index (χ2n) is 8.42. The molecule has 0 atom stereocenters. The summed E-state index contributed by atoms with van der Waals surface area (Å²) < 4.78 is 13.2. The third-order valence-electron chi connectivity index (χ3n) is 4.35. The van der Waals surface area contributed by atoms with E-state index in [0.717, 1.165) is 63.0 Å². The molecule has 172 valence electrons. The Morgan fingerprint density at radius 2 is 1.90 bits per heavy atom. The first-order chi connectivity index (χ1) is 14.9. The van der Waals surface area contributed by atoms with Gasteiger partial charge in [-0.2, -0.15) is 5.10 Å². The van der Waals surface area contributed by atoms with Crippen LogP contribution in [0.25, 0.3) is 0 Å². The number of guanidine groups is 1. The summed E-state index contributed by atoms with van der Waals surface area (Å²) in [5, 5.41) is 11.0. The molecule has 7 heteroatoms. The molecule has 0 aliphatic heterocycles. The van der Waals surface area contributed by atoms with Gasteiger partial charge in [-0.05, 0) is 68.9 Å². The minimum atomic E-state index is 0.162. The summed E-state index contributed by atoms with van der Waals surface area (Å²) in [5.74, 6) is 2.22. The van der Waals surface area contributed by atoms with Gasteiger partial charge in [0.15, 0.2) is 5.96 Å². The number of aliphatic imine (C=N–C) groups is 1. The summed E-state index contributed by atoms with van der Waals surface area (Å²) in [4.78, 5) is 4.75. The van der Waals surface area contributed by atoms with Crippen LogP contribution in [0.5, 0.6) is 5.75 Å². The third-order valence-corrected chi connectivity index (χ3v) is 4.35. The van der Waals surface area contributed by atoms with Gasteiger partial charge in [0.2, 0.25) is 0 Å². The quantitative estimate of drug-likeness (QED) is 0.283. The number of aromatic nitrogens is 2. The first-order valence-electron chi connectivity index (χ1n) is 11.3. The summed E-state index contributed by atoms with van der Waals surface area (Å²) >= 11 is 0. The molecule has 0 bridgehead atoms. The zero-order valence-corrected chi connectivity index (χ0v) is 19.7. The van der Waals surface area contributed by atoms with E-state index in [0.29, 0.717) is 5.92 Å². The van der Waals surface area contributed by atoms with Crippen LogP contribution < -0.4 is 15.4 Å². The maximum Gasteiger partial charge on any atom is 0.195 e. The molecule has 7 nitrogen and oxygen atoms in total. The van der Waals surface area contributed by atoms with Gasteiger partial charge in [-0.3, -0.25) is 9.67 Å². The van der Waals surface area contributed by atoms with Crippen LogP contribution in [0.4, 0.5) is 5.69 Å². The van der Waals surface area contributed by atoms with E-state index in [-0.39, 0.29) is 6.10 Å². The number of rotatable bonds is 13. The second kappa shape index (κ2) is 13.7. The fraction of sp³-hybridized carbons (Fsp3) is 0.583. The Kier molecular flexibility index (Phi) is 10.9. The normalized spacial score (nSPS) is 11.9. The zero-order valence-electron chi connectivity index (χ0n) is 19.7. The predicted octanol–water partition coefficient (Wildman–Crippen LogP) is 4.26. The molecule has 2 rings (SSSR count). The summed E-state index contributed by atoms with van der Waals surface area (Å²) in [6, 6.07) is 7.97. The van der Waals surface area contributed by atoms with Gasteiger partial charge in [0, 0.05) is 45.2 Å². The van der Waals surface area contributed by atoms with Gasteiger partial charge in [0.1, 0.15) is 5.75 Å². The lowest BCUT2D eigenvalue weighted by atomic mass is 10.2. The van der Waals surface area contributed by atoms with E-state index in [1.807, 2.05) is 56.0 Å². The van der Waals surface area contributed by atoms with Crippen LogP contribution in [0.15, 0.2) is 41.7 Å². The molecule has 0 unspecified atom stereocenters. The van der Waals surface area contributed by atoms with Gasteiger partial charge in [-0.15, -0.1) is 0 Å². The summed E-state index contributed by atoms with van der Waals surface area (Å²) in [6.45, 7) is 11.5. The van der Waals surface area contributed by atoms with Crippen molar-refractivity contribution in [1.29, 1.82) is 0 Å². The molecule has 1 heterocycles. The van der Waals surface area contributed by atoms with Crippen molar-refractivity contribution in [2.75, 3.05) is 31.6 Å². The van der Waals surface area contributed by atoms with Gasteiger partial charge < -0.3 is 20.1 Å². The smallest absolute Gasteiger partial charge is 0.195 e. The van der Waals surface area contributed by atoms with E-state index in [1.54, 1.807) is 0 Å². The highest BCUT2D eigenvalue weighted by Gasteiger charge is 2.03. The number of anilines is 1. The highest BCUT2D eigenvalue weighted by Crippen LogP contribution is 2.16. The number of ether oxygens (including phenoxy) is 2. The number of nitrogens with zero attached hydrogens (tertiary/aromatic N) is 3. The van der Waals surface area contributed by atoms with Crippen molar-refractivity contribution >= 4 is 11.6 Å². The molecular weight excluding hydrogens is 390 g/mol. The predicted molar refractivity (Wildman–Crippen MR) is 128 cm³/mol. The zero-order chi connectivity index (χ0) is 22.5. The van der Waals surface area contributed by atoms with Crippen LogP contribution in [0.2, 0.25) is 0 Å². The highest BCUT2D eigenvalue weighted by molar-refractivity contribution is 5.93. The van der Waals surface area contributed by atoms with E-state index < -0.39 is 0 Å². The van der Waals surface area contributed by atoms with Gasteiger partial charge in [0.25, 0.3) is 0 Å². The maximum atomic E-state index is 5.72. The Hall–Kier alpha value is -2.54. The maximum absolute atomic E-state index is 5.72. The van der Waals surface area contributed by atoms with E-state index in [4.69, 9.17) is 14.5 Å². The molecule has 0 fully saturated rings. The van der Waals surface area contributed by atoms with Crippen molar-refractivity contribution in [2.24, 2.45) is 18.0 Å². The van der Waals surface area contributed by atoms with Gasteiger partial charge >= 0.3 is 0 Å². The third kappa shape index (κ3) is 10.9. The molecule has 0 spiro atoms. The summed E-state index contributed by atoms with van der Waals surface area (Å²) in [7, 11) is 1.94. The molecule has 0 aliphatic carbocycles.